The monoisotopic (exact) mass is 285 g/mol. The van der Waals surface area contributed by atoms with Gasteiger partial charge in [0, 0.05) is 22.0 Å². The van der Waals surface area contributed by atoms with Gasteiger partial charge in [-0.05, 0) is 49.4 Å². The number of benzene rings is 1. The van der Waals surface area contributed by atoms with Gasteiger partial charge in [0.05, 0.1) is 0 Å². The second kappa shape index (κ2) is 5.81. The number of halogens is 2. The normalized spacial score (nSPS) is 27.0. The van der Waals surface area contributed by atoms with Crippen LogP contribution < -0.4 is 5.32 Å². The molecule has 0 bridgehead atoms. The van der Waals surface area contributed by atoms with Gasteiger partial charge in [-0.1, -0.05) is 43.1 Å². The molecule has 1 N–H and O–H groups in total. The van der Waals surface area contributed by atoms with Gasteiger partial charge in [-0.25, -0.2) is 0 Å². The zero-order valence-electron chi connectivity index (χ0n) is 11.1. The fourth-order valence-electron chi connectivity index (χ4n) is 3.16. The fraction of sp³-hybridized carbons (Fsp3) is 0.600. The van der Waals surface area contributed by atoms with Crippen molar-refractivity contribution in [3.05, 3.63) is 33.8 Å². The largest absolute Gasteiger partial charge is 0.316 e. The highest BCUT2D eigenvalue weighted by molar-refractivity contribution is 6.35. The van der Waals surface area contributed by atoms with E-state index in [-0.39, 0.29) is 5.41 Å². The predicted molar refractivity (Wildman–Crippen MR) is 79.7 cm³/mol. The lowest BCUT2D eigenvalue weighted by Crippen LogP contribution is -2.48. The Morgan fingerprint density at radius 3 is 2.61 bits per heavy atom. The summed E-state index contributed by atoms with van der Waals surface area (Å²) < 4.78 is 0. The molecule has 0 spiro atoms. The minimum Gasteiger partial charge on any atom is -0.316 e. The van der Waals surface area contributed by atoms with Gasteiger partial charge in [-0.15, -0.1) is 0 Å². The van der Waals surface area contributed by atoms with Crippen molar-refractivity contribution in [2.45, 2.75) is 38.5 Å². The summed E-state index contributed by atoms with van der Waals surface area (Å²) in [5, 5.41) is 5.08. The molecule has 18 heavy (non-hydrogen) atoms. The molecule has 3 heteroatoms. The lowest BCUT2D eigenvalue weighted by Gasteiger charge is -2.48. The molecule has 0 unspecified atom stereocenters. The molecule has 0 atom stereocenters. The molecule has 100 valence electrons. The van der Waals surface area contributed by atoms with Crippen LogP contribution >= 0.6 is 23.2 Å². The van der Waals surface area contributed by atoms with Crippen LogP contribution in [0.1, 0.15) is 38.7 Å². The van der Waals surface area contributed by atoms with Gasteiger partial charge in [0.2, 0.25) is 0 Å². The van der Waals surface area contributed by atoms with Crippen molar-refractivity contribution in [2.24, 2.45) is 5.92 Å². The third-order valence-electron chi connectivity index (χ3n) is 3.87. The van der Waals surface area contributed by atoms with Gasteiger partial charge in [0.25, 0.3) is 0 Å². The molecule has 0 aromatic heterocycles. The second-order valence-electron chi connectivity index (χ2n) is 5.59. The van der Waals surface area contributed by atoms with Crippen LogP contribution in [-0.4, -0.2) is 13.1 Å². The van der Waals surface area contributed by atoms with Crippen LogP contribution in [0.2, 0.25) is 10.0 Å². The molecule has 1 fully saturated rings. The Labute approximate surface area is 120 Å². The maximum Gasteiger partial charge on any atom is 0.0458 e. The van der Waals surface area contributed by atoms with Crippen molar-refractivity contribution in [3.63, 3.8) is 0 Å². The lowest BCUT2D eigenvalue weighted by molar-refractivity contribution is 0.153. The van der Waals surface area contributed by atoms with Gasteiger partial charge < -0.3 is 5.32 Å². The highest BCUT2D eigenvalue weighted by Gasteiger charge is 2.44. The summed E-state index contributed by atoms with van der Waals surface area (Å²) >= 11 is 12.4. The molecule has 2 rings (SSSR count). The van der Waals surface area contributed by atoms with E-state index in [0.29, 0.717) is 5.02 Å². The first-order valence-electron chi connectivity index (χ1n) is 6.73. The molecular weight excluding hydrogens is 265 g/mol. The van der Waals surface area contributed by atoms with E-state index in [1.807, 2.05) is 12.1 Å². The van der Waals surface area contributed by atoms with Gasteiger partial charge >= 0.3 is 0 Å². The fourth-order valence-corrected chi connectivity index (χ4v) is 3.77. The van der Waals surface area contributed by atoms with Crippen LogP contribution in [0, 0.1) is 5.92 Å². The summed E-state index contributed by atoms with van der Waals surface area (Å²) in [6.07, 6.45) is 3.59. The minimum atomic E-state index is 0.219. The summed E-state index contributed by atoms with van der Waals surface area (Å²) in [6.45, 7) is 6.59. The molecule has 0 heterocycles. The highest BCUT2D eigenvalue weighted by Crippen LogP contribution is 2.49. The Morgan fingerprint density at radius 2 is 2.06 bits per heavy atom. The minimum absolute atomic E-state index is 0.219. The summed E-state index contributed by atoms with van der Waals surface area (Å²) in [4.78, 5) is 0. The van der Waals surface area contributed by atoms with Crippen LogP contribution in [0.15, 0.2) is 18.2 Å². The molecule has 1 aliphatic carbocycles. The molecule has 0 radical (unpaired) electrons. The van der Waals surface area contributed by atoms with Crippen molar-refractivity contribution < 1.29 is 0 Å². The smallest absolute Gasteiger partial charge is 0.0458 e. The number of hydrogen-bond donors (Lipinski definition) is 1. The van der Waals surface area contributed by atoms with E-state index in [4.69, 9.17) is 23.2 Å². The van der Waals surface area contributed by atoms with E-state index in [2.05, 4.69) is 25.2 Å². The first-order chi connectivity index (χ1) is 8.57. The van der Waals surface area contributed by atoms with Crippen molar-refractivity contribution in [1.82, 2.24) is 5.32 Å². The molecule has 0 saturated heterocycles. The zero-order valence-corrected chi connectivity index (χ0v) is 12.6. The third-order valence-corrected chi connectivity index (χ3v) is 4.42. The average molecular weight is 286 g/mol. The molecule has 1 aromatic carbocycles. The van der Waals surface area contributed by atoms with Gasteiger partial charge in [0.1, 0.15) is 0 Å². The first kappa shape index (κ1) is 14.2. The Morgan fingerprint density at radius 1 is 1.33 bits per heavy atom. The average Bonchev–Trinajstić information content (AvgIpc) is 2.26. The van der Waals surface area contributed by atoms with E-state index < -0.39 is 0 Å². The standard InChI is InChI=1S/C15H21Cl2N/c1-3-6-18-10-15(8-11(2)9-15)13-5-4-12(16)7-14(13)17/h4-5,7,11,18H,3,6,8-10H2,1-2H3. The Kier molecular flexibility index (Phi) is 4.58. The summed E-state index contributed by atoms with van der Waals surface area (Å²) in [7, 11) is 0. The molecule has 1 aromatic rings. The molecule has 1 saturated carbocycles. The van der Waals surface area contributed by atoms with Crippen molar-refractivity contribution in [2.75, 3.05) is 13.1 Å². The van der Waals surface area contributed by atoms with Crippen LogP contribution in [0.25, 0.3) is 0 Å². The van der Waals surface area contributed by atoms with Crippen LogP contribution in [0.4, 0.5) is 0 Å². The van der Waals surface area contributed by atoms with Gasteiger partial charge in [-0.2, -0.15) is 0 Å². The predicted octanol–water partition coefficient (Wildman–Crippen LogP) is 4.66. The molecular formula is C15H21Cl2N. The molecule has 1 aliphatic rings. The van der Waals surface area contributed by atoms with Crippen LogP contribution in [0.3, 0.4) is 0 Å². The highest BCUT2D eigenvalue weighted by atomic mass is 35.5. The lowest BCUT2D eigenvalue weighted by atomic mass is 9.59. The van der Waals surface area contributed by atoms with E-state index in [1.165, 1.54) is 24.8 Å². The number of nitrogens with one attached hydrogen (secondary N) is 1. The van der Waals surface area contributed by atoms with E-state index >= 15 is 0 Å². The second-order valence-corrected chi connectivity index (χ2v) is 6.44. The zero-order chi connectivity index (χ0) is 13.2. The van der Waals surface area contributed by atoms with E-state index in [0.717, 1.165) is 24.0 Å². The Hall–Kier alpha value is -0.240. The van der Waals surface area contributed by atoms with Crippen LogP contribution in [-0.2, 0) is 5.41 Å². The maximum atomic E-state index is 6.37. The van der Waals surface area contributed by atoms with Crippen molar-refractivity contribution in [3.8, 4) is 0 Å². The van der Waals surface area contributed by atoms with Gasteiger partial charge in [-0.3, -0.25) is 0 Å². The summed E-state index contributed by atoms with van der Waals surface area (Å²) in [6, 6.07) is 5.92. The quantitative estimate of drug-likeness (QED) is 0.776. The number of hydrogen-bond acceptors (Lipinski definition) is 1. The Balaban J connectivity index is 2.19. The molecule has 1 nitrogen and oxygen atoms in total. The molecule has 0 aliphatic heterocycles. The summed E-state index contributed by atoms with van der Waals surface area (Å²) in [5.41, 5.74) is 1.48. The van der Waals surface area contributed by atoms with Gasteiger partial charge in [0.15, 0.2) is 0 Å². The number of rotatable bonds is 5. The first-order valence-corrected chi connectivity index (χ1v) is 7.49. The SMILES string of the molecule is CCCNCC1(c2ccc(Cl)cc2Cl)CC(C)C1. The third kappa shape index (κ3) is 2.84. The maximum absolute atomic E-state index is 6.37. The molecule has 0 amide bonds. The van der Waals surface area contributed by atoms with Crippen molar-refractivity contribution >= 4 is 23.2 Å². The van der Waals surface area contributed by atoms with E-state index in [1.54, 1.807) is 0 Å². The Bertz CT molecular complexity index is 411. The summed E-state index contributed by atoms with van der Waals surface area (Å²) in [5.74, 6) is 0.792. The van der Waals surface area contributed by atoms with E-state index in [9.17, 15) is 0 Å². The van der Waals surface area contributed by atoms with Crippen LogP contribution in [0.5, 0.6) is 0 Å². The van der Waals surface area contributed by atoms with Crippen molar-refractivity contribution in [1.29, 1.82) is 0 Å². The topological polar surface area (TPSA) is 12.0 Å².